The van der Waals surface area contributed by atoms with E-state index in [4.69, 9.17) is 11.5 Å². The first-order valence-corrected chi connectivity index (χ1v) is 5.85. The van der Waals surface area contributed by atoms with Gasteiger partial charge >= 0.3 is 5.97 Å². The molecule has 17 heavy (non-hydrogen) atoms. The Kier molecular flexibility index (Phi) is 3.26. The number of nitrogens with one attached hydrogen (secondary N) is 1. The number of nitrogens with zero attached hydrogens (tertiary/aromatic N) is 1. The number of aromatic nitrogens is 1. The molecule has 4 nitrogen and oxygen atoms in total. The highest BCUT2D eigenvalue weighted by Crippen LogP contribution is 2.26. The number of carbonyl (C=O) groups is 1. The molecule has 0 saturated heterocycles. The fourth-order valence-electron chi connectivity index (χ4n) is 1.49. The Morgan fingerprint density at radius 3 is 3.18 bits per heavy atom. The first-order valence-electron chi connectivity index (χ1n) is 4.97. The number of pyridine rings is 1. The molecule has 2 N–H and O–H groups in total. The van der Waals surface area contributed by atoms with E-state index >= 15 is 0 Å². The average molecular weight is 246 g/mol. The lowest BCUT2D eigenvalue weighted by molar-refractivity contribution is -0.137. The van der Waals surface area contributed by atoms with Crippen molar-refractivity contribution in [2.45, 2.75) is 12.5 Å². The molecule has 2 aromatic heterocycles. The summed E-state index contributed by atoms with van der Waals surface area (Å²) in [4.78, 5) is 15.1. The van der Waals surface area contributed by atoms with E-state index in [9.17, 15) is 4.79 Å². The molecule has 0 radical (unpaired) electrons. The van der Waals surface area contributed by atoms with E-state index < -0.39 is 12.0 Å². The maximum atomic E-state index is 11.0. The maximum absolute atomic E-state index is 11.0. The summed E-state index contributed by atoms with van der Waals surface area (Å²) in [7, 11) is 0. The summed E-state index contributed by atoms with van der Waals surface area (Å²) in [5, 5.41) is 14.7. The fraction of sp³-hybridized carbons (Fsp3) is 0.167. The molecule has 0 aliphatic heterocycles. The zero-order chi connectivity index (χ0) is 12.3. The highest BCUT2D eigenvalue weighted by Gasteiger charge is 2.17. The van der Waals surface area contributed by atoms with Crippen LogP contribution in [0.3, 0.4) is 0 Å². The Morgan fingerprint density at radius 1 is 1.65 bits per heavy atom. The topological polar surface area (TPSA) is 62.2 Å². The second kappa shape index (κ2) is 4.85. The lowest BCUT2D eigenvalue weighted by Gasteiger charge is -2.12. The lowest BCUT2D eigenvalue weighted by Crippen LogP contribution is -2.29. The van der Waals surface area contributed by atoms with Crippen molar-refractivity contribution in [2.24, 2.45) is 0 Å². The van der Waals surface area contributed by atoms with E-state index in [0.717, 1.165) is 10.1 Å². The number of rotatable bonds is 4. The molecule has 2 rings (SSSR count). The van der Waals surface area contributed by atoms with Crippen LogP contribution in [0.5, 0.6) is 0 Å². The minimum Gasteiger partial charge on any atom is -0.480 e. The highest BCUT2D eigenvalue weighted by molar-refractivity contribution is 7.17. The third kappa shape index (κ3) is 2.37. The van der Waals surface area contributed by atoms with Gasteiger partial charge in [0, 0.05) is 22.7 Å². The maximum Gasteiger partial charge on any atom is 0.327 e. The van der Waals surface area contributed by atoms with Gasteiger partial charge in [-0.25, -0.2) is 9.78 Å². The molecule has 2 heterocycles. The van der Waals surface area contributed by atoms with Gasteiger partial charge < -0.3 is 10.4 Å². The summed E-state index contributed by atoms with van der Waals surface area (Å²) in [5.41, 5.74) is 0. The highest BCUT2D eigenvalue weighted by atomic mass is 32.1. The van der Waals surface area contributed by atoms with Crippen LogP contribution in [-0.2, 0) is 4.79 Å². The summed E-state index contributed by atoms with van der Waals surface area (Å²) < 4.78 is 1.06. The molecule has 1 unspecified atom stereocenters. The van der Waals surface area contributed by atoms with Gasteiger partial charge in [-0.05, 0) is 17.5 Å². The van der Waals surface area contributed by atoms with Crippen molar-refractivity contribution >= 4 is 33.2 Å². The molecule has 0 aliphatic rings. The van der Waals surface area contributed by atoms with Crippen LogP contribution in [-0.4, -0.2) is 22.1 Å². The number of hydrogen-bond donors (Lipinski definition) is 2. The monoisotopic (exact) mass is 246 g/mol. The van der Waals surface area contributed by atoms with Crippen LogP contribution in [0.1, 0.15) is 6.42 Å². The van der Waals surface area contributed by atoms with Gasteiger partial charge in [0.25, 0.3) is 0 Å². The van der Waals surface area contributed by atoms with E-state index in [1.165, 1.54) is 0 Å². The normalized spacial score (nSPS) is 11.9. The fourth-order valence-corrected chi connectivity index (χ4v) is 2.27. The third-order valence-corrected chi connectivity index (χ3v) is 3.19. The zero-order valence-corrected chi connectivity index (χ0v) is 9.70. The minimum absolute atomic E-state index is 0.123. The molecule has 0 amide bonds. The minimum atomic E-state index is -0.975. The molecular formula is C12H10N2O2S. The van der Waals surface area contributed by atoms with Gasteiger partial charge in [0.05, 0.1) is 0 Å². The Bertz CT molecular complexity index is 585. The molecule has 0 spiro atoms. The van der Waals surface area contributed by atoms with E-state index in [2.05, 4.69) is 16.2 Å². The number of aliphatic carboxylic acids is 1. The molecule has 0 aliphatic carbocycles. The summed E-state index contributed by atoms with van der Waals surface area (Å²) >= 11 is 1.58. The van der Waals surface area contributed by atoms with Crippen molar-refractivity contribution in [3.8, 4) is 12.3 Å². The lowest BCUT2D eigenvalue weighted by atomic mass is 10.2. The van der Waals surface area contributed by atoms with Gasteiger partial charge in [-0.15, -0.1) is 23.7 Å². The van der Waals surface area contributed by atoms with E-state index in [1.54, 1.807) is 17.5 Å². The second-order valence-corrected chi connectivity index (χ2v) is 4.38. The van der Waals surface area contributed by atoms with Crippen LogP contribution >= 0.6 is 11.3 Å². The number of fused-ring (bicyclic) bond motifs is 1. The Hall–Kier alpha value is -2.06. The van der Waals surface area contributed by atoms with Crippen LogP contribution in [0, 0.1) is 12.3 Å². The van der Waals surface area contributed by atoms with E-state index in [-0.39, 0.29) is 6.42 Å². The molecule has 0 fully saturated rings. The molecular weight excluding hydrogens is 236 g/mol. The number of carboxylic acid groups (broad SMARTS) is 1. The molecule has 5 heteroatoms. The summed E-state index contributed by atoms with van der Waals surface area (Å²) in [6.45, 7) is 0. The van der Waals surface area contributed by atoms with Crippen LogP contribution in [0.4, 0.5) is 5.82 Å². The van der Waals surface area contributed by atoms with Gasteiger partial charge in [-0.3, -0.25) is 0 Å². The standard InChI is InChI=1S/C12H10N2O2S/c1-2-3-9(12(15)16)14-11-8-5-7-17-10(8)4-6-13-11/h1,4-7,9H,3H2,(H,13,14)(H,15,16). The molecule has 0 aromatic carbocycles. The van der Waals surface area contributed by atoms with Gasteiger partial charge in [0.1, 0.15) is 11.9 Å². The van der Waals surface area contributed by atoms with Gasteiger partial charge in [0.2, 0.25) is 0 Å². The van der Waals surface area contributed by atoms with Crippen LogP contribution in [0.2, 0.25) is 0 Å². The Morgan fingerprint density at radius 2 is 2.47 bits per heavy atom. The second-order valence-electron chi connectivity index (χ2n) is 3.44. The molecule has 0 saturated carbocycles. The third-order valence-electron chi connectivity index (χ3n) is 2.31. The average Bonchev–Trinajstić information content (AvgIpc) is 2.77. The first-order chi connectivity index (χ1) is 8.22. The van der Waals surface area contributed by atoms with Gasteiger partial charge in [-0.1, -0.05) is 0 Å². The van der Waals surface area contributed by atoms with E-state index in [0.29, 0.717) is 5.82 Å². The number of terminal acetylenes is 1. The van der Waals surface area contributed by atoms with Crippen LogP contribution in [0.15, 0.2) is 23.7 Å². The van der Waals surface area contributed by atoms with Crippen molar-refractivity contribution in [1.29, 1.82) is 0 Å². The molecule has 2 aromatic rings. The molecule has 86 valence electrons. The smallest absolute Gasteiger partial charge is 0.327 e. The number of thiophene rings is 1. The predicted molar refractivity (Wildman–Crippen MR) is 68.1 cm³/mol. The number of anilines is 1. The summed E-state index contributed by atoms with van der Waals surface area (Å²) in [6, 6.07) is 2.99. The van der Waals surface area contributed by atoms with E-state index in [1.807, 2.05) is 17.5 Å². The van der Waals surface area contributed by atoms with Gasteiger partial charge in [-0.2, -0.15) is 0 Å². The first kappa shape index (κ1) is 11.4. The molecule has 1 atom stereocenters. The van der Waals surface area contributed by atoms with Crippen LogP contribution < -0.4 is 5.32 Å². The van der Waals surface area contributed by atoms with Gasteiger partial charge in [0.15, 0.2) is 0 Å². The zero-order valence-electron chi connectivity index (χ0n) is 8.88. The van der Waals surface area contributed by atoms with Crippen molar-refractivity contribution < 1.29 is 9.90 Å². The number of carboxylic acids is 1. The quantitative estimate of drug-likeness (QED) is 0.812. The predicted octanol–water partition coefficient (Wildman–Crippen LogP) is 2.18. The Balaban J connectivity index is 2.31. The largest absolute Gasteiger partial charge is 0.480 e. The summed E-state index contributed by atoms with van der Waals surface area (Å²) in [5.74, 6) is 1.93. The van der Waals surface area contributed by atoms with Crippen LogP contribution in [0.25, 0.3) is 10.1 Å². The SMILES string of the molecule is C#CCC(Nc1nccc2sccc12)C(=O)O. The van der Waals surface area contributed by atoms with Crippen molar-refractivity contribution in [1.82, 2.24) is 4.98 Å². The Labute approximate surface area is 102 Å². The van der Waals surface area contributed by atoms with Crippen molar-refractivity contribution in [3.05, 3.63) is 23.7 Å². The van der Waals surface area contributed by atoms with Crippen molar-refractivity contribution in [2.75, 3.05) is 5.32 Å². The number of hydrogen-bond acceptors (Lipinski definition) is 4. The summed E-state index contributed by atoms with van der Waals surface area (Å²) in [6.07, 6.45) is 6.91. The van der Waals surface area contributed by atoms with Crippen molar-refractivity contribution in [3.63, 3.8) is 0 Å². The molecule has 0 bridgehead atoms.